The van der Waals surface area contributed by atoms with E-state index in [0.717, 1.165) is 57.7 Å². The quantitative estimate of drug-likeness (QED) is 0.640. The highest BCUT2D eigenvalue weighted by atomic mass is 19.1. The van der Waals surface area contributed by atoms with Crippen LogP contribution in [0.5, 0.6) is 0 Å². The van der Waals surface area contributed by atoms with E-state index in [2.05, 4.69) is 29.0 Å². The zero-order valence-corrected chi connectivity index (χ0v) is 21.6. The molecule has 0 radical (unpaired) electrons. The van der Waals surface area contributed by atoms with Crippen molar-refractivity contribution in [1.82, 2.24) is 9.80 Å². The number of carboxylic acid groups (broad SMARTS) is 2. The van der Waals surface area contributed by atoms with Crippen LogP contribution >= 0.6 is 0 Å². The van der Waals surface area contributed by atoms with Gasteiger partial charge in [0.25, 0.3) is 17.8 Å². The van der Waals surface area contributed by atoms with E-state index in [0.29, 0.717) is 11.8 Å². The lowest BCUT2D eigenvalue weighted by Crippen LogP contribution is -2.33. The summed E-state index contributed by atoms with van der Waals surface area (Å²) in [6.45, 7) is 6.86. The molecule has 3 aliphatic rings. The molecule has 0 aromatic heterocycles. The summed E-state index contributed by atoms with van der Waals surface area (Å²) in [5.74, 6) is -0.938. The van der Waals surface area contributed by atoms with Gasteiger partial charge in [0, 0.05) is 69.8 Å². The highest BCUT2D eigenvalue weighted by molar-refractivity contribution is 5.94. The molecule has 3 aliphatic heterocycles. The zero-order chi connectivity index (χ0) is 27.1. The Morgan fingerprint density at radius 1 is 0.892 bits per heavy atom. The molecule has 3 saturated heterocycles. The van der Waals surface area contributed by atoms with Gasteiger partial charge in [0.05, 0.1) is 0 Å². The van der Waals surface area contributed by atoms with Crippen molar-refractivity contribution in [3.8, 4) is 0 Å². The Kier molecular flexibility index (Phi) is 9.63. The number of carbonyl (C=O) groups is 3. The molecule has 2 aromatic rings. The molecule has 37 heavy (non-hydrogen) atoms. The first-order chi connectivity index (χ1) is 17.6. The minimum absolute atomic E-state index is 0.119. The summed E-state index contributed by atoms with van der Waals surface area (Å²) < 4.78 is 13.8. The molecule has 3 atom stereocenters. The Hall–Kier alpha value is -3.46. The first-order valence-electron chi connectivity index (χ1n) is 12.6. The van der Waals surface area contributed by atoms with E-state index in [-0.39, 0.29) is 17.8 Å². The van der Waals surface area contributed by atoms with E-state index in [1.807, 2.05) is 23.1 Å². The van der Waals surface area contributed by atoms with E-state index in [1.165, 1.54) is 24.6 Å². The summed E-state index contributed by atoms with van der Waals surface area (Å²) in [4.78, 5) is 37.8. The highest BCUT2D eigenvalue weighted by Crippen LogP contribution is 2.44. The third-order valence-corrected chi connectivity index (χ3v) is 6.96. The number of aliphatic carboxylic acids is 2. The van der Waals surface area contributed by atoms with Crippen molar-refractivity contribution in [1.29, 1.82) is 0 Å². The van der Waals surface area contributed by atoms with Crippen LogP contribution in [0, 0.1) is 17.7 Å². The minimum atomic E-state index is -0.833. The maximum atomic E-state index is 13.8. The van der Waals surface area contributed by atoms with Crippen molar-refractivity contribution in [2.24, 2.45) is 11.8 Å². The summed E-state index contributed by atoms with van der Waals surface area (Å²) in [5, 5.41) is 14.8. The lowest BCUT2D eigenvalue weighted by molar-refractivity contribution is -0.135. The number of carbonyl (C=O) groups excluding carboxylic acids is 1. The van der Waals surface area contributed by atoms with Crippen LogP contribution in [0.4, 0.5) is 10.1 Å². The molecule has 2 N–H and O–H groups in total. The topological polar surface area (TPSA) is 101 Å². The van der Waals surface area contributed by atoms with Crippen molar-refractivity contribution in [3.63, 3.8) is 0 Å². The average molecular weight is 514 g/mol. The highest BCUT2D eigenvalue weighted by Gasteiger charge is 2.47. The molecule has 0 aliphatic carbocycles. The fourth-order valence-corrected chi connectivity index (χ4v) is 5.59. The molecule has 1 amide bonds. The van der Waals surface area contributed by atoms with Gasteiger partial charge in [-0.05, 0) is 67.8 Å². The second kappa shape index (κ2) is 12.7. The third-order valence-electron chi connectivity index (χ3n) is 6.96. The number of hydrogen-bond donors (Lipinski definition) is 2. The maximum absolute atomic E-state index is 13.8. The van der Waals surface area contributed by atoms with Gasteiger partial charge < -0.3 is 20.0 Å². The number of hydrogen-bond acceptors (Lipinski definition) is 5. The molecule has 5 rings (SSSR count). The lowest BCUT2D eigenvalue weighted by Gasteiger charge is -2.27. The normalized spacial score (nSPS) is 22.4. The van der Waals surface area contributed by atoms with Crippen LogP contribution < -0.4 is 4.90 Å². The lowest BCUT2D eigenvalue weighted by atomic mass is 9.89. The van der Waals surface area contributed by atoms with E-state index < -0.39 is 11.9 Å². The van der Waals surface area contributed by atoms with Crippen molar-refractivity contribution in [2.45, 2.75) is 32.7 Å². The summed E-state index contributed by atoms with van der Waals surface area (Å²) in [5.41, 5.74) is 3.00. The Morgan fingerprint density at radius 2 is 1.49 bits per heavy atom. The largest absolute Gasteiger partial charge is 0.481 e. The van der Waals surface area contributed by atoms with Gasteiger partial charge >= 0.3 is 0 Å². The molecule has 0 unspecified atom stereocenters. The van der Waals surface area contributed by atoms with Gasteiger partial charge in [-0.3, -0.25) is 19.3 Å². The number of carboxylic acids is 2. The molecular weight excluding hydrogens is 477 g/mol. The number of amides is 1. The predicted octanol–water partition coefficient (Wildman–Crippen LogP) is 3.98. The van der Waals surface area contributed by atoms with Gasteiger partial charge in [0.2, 0.25) is 0 Å². The van der Waals surface area contributed by atoms with Crippen LogP contribution in [-0.4, -0.2) is 77.6 Å². The number of anilines is 1. The maximum Gasteiger partial charge on any atom is 0.300 e. The Labute approximate surface area is 217 Å². The number of nitrogens with zero attached hydrogens (tertiary/aromatic N) is 3. The van der Waals surface area contributed by atoms with Crippen molar-refractivity contribution < 1.29 is 29.0 Å². The Morgan fingerprint density at radius 3 is 2.05 bits per heavy atom. The van der Waals surface area contributed by atoms with Gasteiger partial charge in [-0.2, -0.15) is 0 Å². The number of likely N-dealkylation sites (tertiary alicyclic amines) is 2. The van der Waals surface area contributed by atoms with Crippen LogP contribution in [0.3, 0.4) is 0 Å². The number of fused-ring (bicyclic) bond motifs is 1. The van der Waals surface area contributed by atoms with E-state index in [1.54, 1.807) is 12.1 Å². The van der Waals surface area contributed by atoms with Crippen molar-refractivity contribution in [2.75, 3.05) is 44.7 Å². The summed E-state index contributed by atoms with van der Waals surface area (Å²) in [7, 11) is 2.11. The van der Waals surface area contributed by atoms with Crippen molar-refractivity contribution >= 4 is 23.5 Å². The van der Waals surface area contributed by atoms with E-state index in [4.69, 9.17) is 19.8 Å². The van der Waals surface area contributed by atoms with Gasteiger partial charge in [-0.15, -0.1) is 0 Å². The van der Waals surface area contributed by atoms with E-state index >= 15 is 0 Å². The standard InChI is InChI=1S/C24H28FN3O.2C2H4O2/c1-26-14-19-15-28(16-22(19)23(26)18-5-4-6-20(25)13-18)24(29)17-7-9-21(10-8-17)27-11-2-3-12-27;2*1-2(3)4/h4-10,13,19,22-23H,2-3,11-12,14-16H2,1H3;2*1H3,(H,3,4)/t19-,22+,23-;;/m0../s1. The number of halogens is 1. The van der Waals surface area contributed by atoms with Gasteiger partial charge in [-0.1, -0.05) is 12.1 Å². The minimum Gasteiger partial charge on any atom is -0.481 e. The molecule has 2 aromatic carbocycles. The molecular formula is C28H36FN3O5. The van der Waals surface area contributed by atoms with Gasteiger partial charge in [-0.25, -0.2) is 4.39 Å². The van der Waals surface area contributed by atoms with E-state index in [9.17, 15) is 9.18 Å². The van der Waals surface area contributed by atoms with Gasteiger partial charge in [0.1, 0.15) is 5.82 Å². The van der Waals surface area contributed by atoms with Crippen LogP contribution in [0.1, 0.15) is 48.7 Å². The molecule has 200 valence electrons. The molecule has 0 saturated carbocycles. The smallest absolute Gasteiger partial charge is 0.300 e. The summed E-state index contributed by atoms with van der Waals surface area (Å²) in [6, 6.07) is 15.2. The molecule has 3 fully saturated rings. The molecule has 0 spiro atoms. The molecule has 3 heterocycles. The Bertz CT molecular complexity index is 1070. The SMILES string of the molecule is CC(=O)O.CC(=O)O.CN1C[C@H]2CN(C(=O)c3ccc(N4CCCC4)cc3)C[C@H]2[C@@H]1c1cccc(F)c1. The van der Waals surface area contributed by atoms with Crippen LogP contribution in [-0.2, 0) is 9.59 Å². The Balaban J connectivity index is 0.000000420. The molecule has 9 heteroatoms. The second-order valence-electron chi connectivity index (χ2n) is 9.85. The third kappa shape index (κ3) is 7.52. The van der Waals surface area contributed by atoms with Crippen LogP contribution in [0.2, 0.25) is 0 Å². The van der Waals surface area contributed by atoms with Gasteiger partial charge in [0.15, 0.2) is 0 Å². The van der Waals surface area contributed by atoms with Crippen LogP contribution in [0.15, 0.2) is 48.5 Å². The average Bonchev–Trinajstić information content (AvgIpc) is 3.55. The summed E-state index contributed by atoms with van der Waals surface area (Å²) >= 11 is 0. The number of benzene rings is 2. The first kappa shape index (κ1) is 28.1. The summed E-state index contributed by atoms with van der Waals surface area (Å²) in [6.07, 6.45) is 2.50. The first-order valence-corrected chi connectivity index (χ1v) is 12.6. The van der Waals surface area contributed by atoms with Crippen molar-refractivity contribution in [3.05, 3.63) is 65.5 Å². The monoisotopic (exact) mass is 513 g/mol. The molecule has 0 bridgehead atoms. The fraction of sp³-hybridized carbons (Fsp3) is 0.464. The molecule has 8 nitrogen and oxygen atoms in total. The van der Waals surface area contributed by atoms with Crippen LogP contribution in [0.25, 0.3) is 0 Å². The fourth-order valence-electron chi connectivity index (χ4n) is 5.59. The number of rotatable bonds is 3. The predicted molar refractivity (Wildman–Crippen MR) is 139 cm³/mol. The zero-order valence-electron chi connectivity index (χ0n) is 21.6. The second-order valence-corrected chi connectivity index (χ2v) is 9.85.